The number of hydrogen-bond acceptors (Lipinski definition) is 6. The molecule has 0 radical (unpaired) electrons. The Morgan fingerprint density at radius 2 is 2.31 bits per heavy atom. The fraction of sp³-hybridized carbons (Fsp3) is 0.333. The second-order valence-corrected chi connectivity index (χ2v) is 3.32. The second-order valence-electron chi connectivity index (χ2n) is 3.32. The van der Waals surface area contributed by atoms with Gasteiger partial charge in [-0.1, -0.05) is 0 Å². The Morgan fingerprint density at radius 1 is 1.56 bits per heavy atom. The average Bonchev–Trinajstić information content (AvgIpc) is 2.74. The van der Waals surface area contributed by atoms with Gasteiger partial charge in [0, 0.05) is 6.07 Å². The van der Waals surface area contributed by atoms with Crippen LogP contribution in [0.4, 0.5) is 5.69 Å². The van der Waals surface area contributed by atoms with Crippen molar-refractivity contribution in [2.24, 2.45) is 5.73 Å². The van der Waals surface area contributed by atoms with Crippen molar-refractivity contribution in [3.05, 3.63) is 27.8 Å². The largest absolute Gasteiger partial charge is 0.453 e. The molecule has 86 valence electrons. The highest BCUT2D eigenvalue weighted by Crippen LogP contribution is 2.42. The van der Waals surface area contributed by atoms with Gasteiger partial charge in [-0.2, -0.15) is 0 Å². The van der Waals surface area contributed by atoms with Crippen LogP contribution >= 0.6 is 0 Å². The van der Waals surface area contributed by atoms with Crippen LogP contribution in [0.3, 0.4) is 0 Å². The van der Waals surface area contributed by atoms with Gasteiger partial charge in [-0.3, -0.25) is 10.1 Å². The van der Waals surface area contributed by atoms with E-state index in [9.17, 15) is 10.1 Å². The van der Waals surface area contributed by atoms with E-state index in [-0.39, 0.29) is 30.6 Å². The maximum absolute atomic E-state index is 10.8. The van der Waals surface area contributed by atoms with Crippen molar-refractivity contribution in [3.8, 4) is 11.5 Å². The molecule has 0 aromatic heterocycles. The number of aliphatic hydroxyl groups excluding tert-OH is 1. The van der Waals surface area contributed by atoms with Gasteiger partial charge in [0.05, 0.1) is 17.6 Å². The highest BCUT2D eigenvalue weighted by molar-refractivity contribution is 5.59. The van der Waals surface area contributed by atoms with Crippen LogP contribution in [-0.2, 0) is 0 Å². The van der Waals surface area contributed by atoms with E-state index in [1.165, 1.54) is 12.1 Å². The number of nitro benzene ring substituents is 1. The summed E-state index contributed by atoms with van der Waals surface area (Å²) < 4.78 is 10.1. The first-order valence-corrected chi connectivity index (χ1v) is 4.58. The molecule has 7 nitrogen and oxygen atoms in total. The van der Waals surface area contributed by atoms with Crippen LogP contribution in [-0.4, -0.2) is 23.4 Å². The quantitative estimate of drug-likeness (QED) is 0.567. The predicted molar refractivity (Wildman–Crippen MR) is 53.2 cm³/mol. The molecule has 0 spiro atoms. The fourth-order valence-electron chi connectivity index (χ4n) is 1.47. The number of rotatable bonds is 3. The van der Waals surface area contributed by atoms with Crippen molar-refractivity contribution in [3.63, 3.8) is 0 Å². The molecule has 0 aliphatic carbocycles. The molecular weight excluding hydrogens is 216 g/mol. The summed E-state index contributed by atoms with van der Waals surface area (Å²) in [6.45, 7) is -0.342. The van der Waals surface area contributed by atoms with Gasteiger partial charge in [0.1, 0.15) is 0 Å². The molecule has 0 bridgehead atoms. The first-order chi connectivity index (χ1) is 7.63. The van der Waals surface area contributed by atoms with Gasteiger partial charge < -0.3 is 20.3 Å². The lowest BCUT2D eigenvalue weighted by Crippen LogP contribution is -2.14. The molecule has 1 aliphatic heterocycles. The Kier molecular flexibility index (Phi) is 2.63. The van der Waals surface area contributed by atoms with Crippen LogP contribution in [0, 0.1) is 10.1 Å². The third-order valence-corrected chi connectivity index (χ3v) is 2.30. The van der Waals surface area contributed by atoms with E-state index in [2.05, 4.69) is 0 Å². The first kappa shape index (κ1) is 10.7. The molecule has 7 heteroatoms. The fourth-order valence-corrected chi connectivity index (χ4v) is 1.47. The van der Waals surface area contributed by atoms with E-state index in [0.717, 1.165) is 0 Å². The minimum absolute atomic E-state index is 0.0476. The zero-order chi connectivity index (χ0) is 11.7. The van der Waals surface area contributed by atoms with Crippen LogP contribution in [0.5, 0.6) is 11.5 Å². The highest BCUT2D eigenvalue weighted by Gasteiger charge is 2.27. The Balaban J connectivity index is 2.51. The summed E-state index contributed by atoms with van der Waals surface area (Å²) in [6.07, 6.45) is 0. The number of fused-ring (bicyclic) bond motifs is 1. The number of nitro groups is 1. The maximum Gasteiger partial charge on any atom is 0.315 e. The average molecular weight is 226 g/mol. The van der Waals surface area contributed by atoms with Crippen molar-refractivity contribution >= 4 is 5.69 Å². The standard InChI is InChI=1S/C9H10N2O5/c10-6(3-12)5-1-7(11(13)14)9-8(2-5)15-4-16-9/h1-2,6,12H,3-4,10H2. The molecule has 1 heterocycles. The minimum Gasteiger partial charge on any atom is -0.453 e. The van der Waals surface area contributed by atoms with Crippen LogP contribution in [0.15, 0.2) is 12.1 Å². The molecule has 3 N–H and O–H groups in total. The van der Waals surface area contributed by atoms with Crippen molar-refractivity contribution in [2.75, 3.05) is 13.4 Å². The Morgan fingerprint density at radius 3 is 2.94 bits per heavy atom. The highest BCUT2D eigenvalue weighted by atomic mass is 16.7. The molecule has 0 saturated heterocycles. The topological polar surface area (TPSA) is 108 Å². The summed E-state index contributed by atoms with van der Waals surface area (Å²) >= 11 is 0. The number of benzene rings is 1. The number of aliphatic hydroxyl groups is 1. The molecule has 0 saturated carbocycles. The Bertz CT molecular complexity index is 434. The van der Waals surface area contributed by atoms with E-state index in [4.69, 9.17) is 20.3 Å². The van der Waals surface area contributed by atoms with Crippen LogP contribution in [0.1, 0.15) is 11.6 Å². The first-order valence-electron chi connectivity index (χ1n) is 4.58. The predicted octanol–water partition coefficient (Wildman–Crippen LogP) is 0.316. The van der Waals surface area contributed by atoms with E-state index in [1.54, 1.807) is 0 Å². The molecule has 0 amide bonds. The normalized spacial score (nSPS) is 14.9. The smallest absolute Gasteiger partial charge is 0.315 e. The molecule has 2 rings (SSSR count). The summed E-state index contributed by atoms with van der Waals surface area (Å²) in [6, 6.07) is 2.15. The minimum atomic E-state index is -0.673. The molecule has 1 aromatic carbocycles. The molecule has 16 heavy (non-hydrogen) atoms. The molecule has 1 atom stereocenters. The van der Waals surface area contributed by atoms with Gasteiger partial charge in [-0.15, -0.1) is 0 Å². The van der Waals surface area contributed by atoms with E-state index in [0.29, 0.717) is 5.56 Å². The molecule has 1 aliphatic rings. The molecule has 0 fully saturated rings. The summed E-state index contributed by atoms with van der Waals surface area (Å²) in [7, 11) is 0. The third kappa shape index (κ3) is 1.66. The van der Waals surface area contributed by atoms with E-state index >= 15 is 0 Å². The van der Waals surface area contributed by atoms with Crippen molar-refractivity contribution in [1.82, 2.24) is 0 Å². The van der Waals surface area contributed by atoms with E-state index in [1.807, 2.05) is 0 Å². The Hall–Kier alpha value is -1.86. The third-order valence-electron chi connectivity index (χ3n) is 2.30. The van der Waals surface area contributed by atoms with Crippen molar-refractivity contribution in [2.45, 2.75) is 6.04 Å². The van der Waals surface area contributed by atoms with Crippen LogP contribution < -0.4 is 15.2 Å². The number of hydrogen-bond donors (Lipinski definition) is 2. The number of nitrogens with zero attached hydrogens (tertiary/aromatic N) is 1. The van der Waals surface area contributed by atoms with Gasteiger partial charge in [0.2, 0.25) is 12.5 Å². The second kappa shape index (κ2) is 3.95. The number of ether oxygens (including phenoxy) is 2. The summed E-state index contributed by atoms with van der Waals surface area (Å²) in [5.74, 6) is 0.395. The van der Waals surface area contributed by atoms with Crippen LogP contribution in [0.2, 0.25) is 0 Å². The van der Waals surface area contributed by atoms with Crippen molar-refractivity contribution < 1.29 is 19.5 Å². The summed E-state index contributed by atoms with van der Waals surface area (Å²) in [5.41, 5.74) is 5.83. The SMILES string of the molecule is NC(CO)c1cc2c(c([N+](=O)[O-])c1)OCO2. The summed E-state index contributed by atoms with van der Waals surface area (Å²) in [4.78, 5) is 10.2. The van der Waals surface area contributed by atoms with Gasteiger partial charge >= 0.3 is 5.69 Å². The lowest BCUT2D eigenvalue weighted by molar-refractivity contribution is -0.385. The Labute approximate surface area is 90.5 Å². The van der Waals surface area contributed by atoms with Gasteiger partial charge in [-0.05, 0) is 11.6 Å². The lowest BCUT2D eigenvalue weighted by atomic mass is 10.1. The van der Waals surface area contributed by atoms with Gasteiger partial charge in [-0.25, -0.2) is 0 Å². The van der Waals surface area contributed by atoms with Gasteiger partial charge in [0.25, 0.3) is 0 Å². The molecule has 1 aromatic rings. The molecule has 1 unspecified atom stereocenters. The zero-order valence-corrected chi connectivity index (χ0v) is 8.25. The summed E-state index contributed by atoms with van der Waals surface area (Å²) in [5, 5.41) is 19.7. The van der Waals surface area contributed by atoms with E-state index < -0.39 is 11.0 Å². The van der Waals surface area contributed by atoms with Gasteiger partial charge in [0.15, 0.2) is 5.75 Å². The monoisotopic (exact) mass is 226 g/mol. The van der Waals surface area contributed by atoms with Crippen LogP contribution in [0.25, 0.3) is 0 Å². The lowest BCUT2D eigenvalue weighted by Gasteiger charge is -2.09. The molecular formula is C9H10N2O5. The van der Waals surface area contributed by atoms with Crippen molar-refractivity contribution in [1.29, 1.82) is 0 Å². The zero-order valence-electron chi connectivity index (χ0n) is 8.25. The maximum atomic E-state index is 10.8. The number of nitrogens with two attached hydrogens (primary N) is 1.